The molecule has 2 aliphatic rings. The van der Waals surface area contributed by atoms with Gasteiger partial charge in [0, 0.05) is 49.3 Å². The second-order valence-corrected chi connectivity index (χ2v) is 9.97. The molecule has 0 radical (unpaired) electrons. The van der Waals surface area contributed by atoms with E-state index < -0.39 is 41.9 Å². The number of esters is 1. The van der Waals surface area contributed by atoms with Gasteiger partial charge in [-0.05, 0) is 72.5 Å². The Hall–Kier alpha value is -4.76. The van der Waals surface area contributed by atoms with Crippen LogP contribution in [0.4, 0.5) is 56.7 Å². The Morgan fingerprint density at radius 1 is 0.844 bits per heavy atom. The highest BCUT2D eigenvalue weighted by Gasteiger charge is 2.45. The molecule has 45 heavy (non-hydrogen) atoms. The van der Waals surface area contributed by atoms with E-state index in [9.17, 15) is 44.3 Å². The molecule has 2 aromatic heterocycles. The molecule has 0 bridgehead atoms. The fourth-order valence-electron chi connectivity index (χ4n) is 5.07. The van der Waals surface area contributed by atoms with E-state index in [0.29, 0.717) is 5.57 Å². The van der Waals surface area contributed by atoms with Gasteiger partial charge in [0.05, 0.1) is 16.8 Å². The summed E-state index contributed by atoms with van der Waals surface area (Å²) in [6, 6.07) is 8.83. The predicted molar refractivity (Wildman–Crippen MR) is 144 cm³/mol. The molecule has 4 heterocycles. The average Bonchev–Trinajstić information content (AvgIpc) is 3.21. The molecule has 0 fully saturated rings. The Bertz CT molecular complexity index is 1600. The third-order valence-electron chi connectivity index (χ3n) is 7.11. The highest BCUT2D eigenvalue weighted by molar-refractivity contribution is 5.77. The molecule has 7 nitrogen and oxygen atoms in total. The number of pyridine rings is 2. The van der Waals surface area contributed by atoms with Crippen LogP contribution in [0, 0.1) is 0 Å². The number of hydrogen-bond acceptors (Lipinski definition) is 7. The van der Waals surface area contributed by atoms with Gasteiger partial charge in [-0.15, -0.1) is 0 Å². The van der Waals surface area contributed by atoms with Crippen LogP contribution < -0.4 is 15.1 Å². The highest BCUT2D eigenvalue weighted by Crippen LogP contribution is 2.41. The smallest absolute Gasteiger partial charge is 0.430 e. The van der Waals surface area contributed by atoms with Gasteiger partial charge >= 0.3 is 24.5 Å². The molecule has 5 rings (SSSR count). The lowest BCUT2D eigenvalue weighted by molar-refractivity contribution is -0.203. The number of aromatic nitrogens is 2. The van der Waals surface area contributed by atoms with Gasteiger partial charge in [0.25, 0.3) is 0 Å². The van der Waals surface area contributed by atoms with Gasteiger partial charge in [0.1, 0.15) is 5.82 Å². The molecule has 0 aliphatic carbocycles. The van der Waals surface area contributed by atoms with E-state index in [1.165, 1.54) is 46.7 Å². The summed E-state index contributed by atoms with van der Waals surface area (Å²) in [5, 5.41) is 2.98. The van der Waals surface area contributed by atoms with Crippen molar-refractivity contribution in [3.05, 3.63) is 101 Å². The van der Waals surface area contributed by atoms with Crippen molar-refractivity contribution in [2.24, 2.45) is 0 Å². The summed E-state index contributed by atoms with van der Waals surface area (Å²) in [6.45, 7) is -0.211. The van der Waals surface area contributed by atoms with Gasteiger partial charge in [0.2, 0.25) is 6.23 Å². The fraction of sp³-hybridized carbons (Fsp3) is 0.276. The summed E-state index contributed by atoms with van der Waals surface area (Å²) >= 11 is 0. The summed E-state index contributed by atoms with van der Waals surface area (Å²) in [5.74, 6) is -2.88. The zero-order valence-corrected chi connectivity index (χ0v) is 22.8. The maximum Gasteiger partial charge on any atom is 0.491 e. The lowest BCUT2D eigenvalue weighted by Gasteiger charge is -2.37. The number of allylic oxidation sites excluding steroid dienone is 1. The summed E-state index contributed by atoms with van der Waals surface area (Å²) in [4.78, 5) is 22.5. The van der Waals surface area contributed by atoms with Gasteiger partial charge in [-0.25, -0.2) is 9.78 Å². The Morgan fingerprint density at radius 2 is 1.51 bits per heavy atom. The molecule has 1 aromatic carbocycles. The van der Waals surface area contributed by atoms with Gasteiger partial charge in [-0.2, -0.15) is 39.5 Å². The minimum atomic E-state index is -5.36. The van der Waals surface area contributed by atoms with Crippen LogP contribution in [0.3, 0.4) is 0 Å². The number of rotatable bonds is 5. The number of nitrogens with one attached hydrogen (secondary N) is 1. The summed E-state index contributed by atoms with van der Waals surface area (Å²) < 4.78 is 126. The minimum Gasteiger partial charge on any atom is -0.430 e. The number of benzene rings is 1. The average molecular weight is 644 g/mol. The van der Waals surface area contributed by atoms with Crippen LogP contribution in [0.25, 0.3) is 0 Å². The molecule has 1 atom stereocenters. The first kappa shape index (κ1) is 31.7. The number of anilines is 3. The van der Waals surface area contributed by atoms with E-state index in [1.807, 2.05) is 0 Å². The van der Waals surface area contributed by atoms with Crippen LogP contribution in [0.2, 0.25) is 0 Å². The topological polar surface area (TPSA) is 70.6 Å². The molecule has 16 heteroatoms. The Balaban J connectivity index is 1.58. The van der Waals surface area contributed by atoms with Gasteiger partial charge in [0.15, 0.2) is 0 Å². The van der Waals surface area contributed by atoms with Crippen molar-refractivity contribution in [2.45, 2.75) is 37.6 Å². The molecule has 2 aliphatic heterocycles. The Labute approximate surface area is 249 Å². The standard InChI is InChI=1S/C29H22F9N5O2/c30-27(31,32)17-3-5-18(6-4-17)41-23-16-43(19-7-12-39-13-8-19)25(45-26(44)29(36,37)38)21-10-15-42(14-9-20(21)23)24-22(28(33,34)35)2-1-11-40-24/h1-8,11-13,16,25,41H,9-10,14-15H2. The molecule has 0 amide bonds. The van der Waals surface area contributed by atoms with Gasteiger partial charge < -0.3 is 19.9 Å². The maximum absolute atomic E-state index is 13.8. The molecule has 0 saturated carbocycles. The quantitative estimate of drug-likeness (QED) is 0.231. The monoisotopic (exact) mass is 643 g/mol. The molecule has 0 spiro atoms. The fourth-order valence-corrected chi connectivity index (χ4v) is 5.07. The van der Waals surface area contributed by atoms with Gasteiger partial charge in [-0.1, -0.05) is 0 Å². The zero-order chi connectivity index (χ0) is 32.6. The van der Waals surface area contributed by atoms with Crippen LogP contribution >= 0.6 is 0 Å². The van der Waals surface area contributed by atoms with E-state index in [1.54, 1.807) is 0 Å². The van der Waals surface area contributed by atoms with Crippen LogP contribution in [0.1, 0.15) is 24.0 Å². The van der Waals surface area contributed by atoms with Crippen molar-refractivity contribution >= 4 is 23.2 Å². The number of carbonyl (C=O) groups is 1. The van der Waals surface area contributed by atoms with Crippen molar-refractivity contribution < 1.29 is 49.0 Å². The van der Waals surface area contributed by atoms with E-state index in [-0.39, 0.29) is 54.4 Å². The summed E-state index contributed by atoms with van der Waals surface area (Å²) in [5.41, 5.74) is -0.813. The Morgan fingerprint density at radius 3 is 2.13 bits per heavy atom. The number of halogens is 9. The maximum atomic E-state index is 13.8. The second-order valence-electron chi connectivity index (χ2n) is 9.97. The van der Waals surface area contributed by atoms with E-state index in [0.717, 1.165) is 36.4 Å². The first-order valence-corrected chi connectivity index (χ1v) is 13.2. The number of hydrogen-bond donors (Lipinski definition) is 1. The number of carbonyl (C=O) groups excluding carboxylic acids is 1. The number of ether oxygens (including phenoxy) is 1. The Kier molecular flexibility index (Phi) is 8.42. The normalized spacial score (nSPS) is 17.8. The molecule has 1 N–H and O–H groups in total. The molecular formula is C29H22F9N5O2. The molecule has 1 unspecified atom stereocenters. The number of alkyl halides is 9. The third-order valence-corrected chi connectivity index (χ3v) is 7.11. The summed E-state index contributed by atoms with van der Waals surface area (Å²) in [6.07, 6.45) is -11.4. The lowest BCUT2D eigenvalue weighted by atomic mass is 9.95. The molecule has 0 saturated heterocycles. The van der Waals surface area contributed by atoms with Crippen LogP contribution in [-0.4, -0.2) is 41.4 Å². The molecular weight excluding hydrogens is 621 g/mol. The lowest BCUT2D eigenvalue weighted by Crippen LogP contribution is -2.43. The summed E-state index contributed by atoms with van der Waals surface area (Å²) in [7, 11) is 0. The molecule has 3 aromatic rings. The minimum absolute atomic E-state index is 0.0487. The first-order valence-electron chi connectivity index (χ1n) is 13.2. The van der Waals surface area contributed by atoms with Crippen LogP contribution in [0.5, 0.6) is 0 Å². The van der Waals surface area contributed by atoms with E-state index >= 15 is 0 Å². The van der Waals surface area contributed by atoms with E-state index in [4.69, 9.17) is 4.74 Å². The number of nitrogens with zero attached hydrogens (tertiary/aromatic N) is 4. The predicted octanol–water partition coefficient (Wildman–Crippen LogP) is 7.32. The molecule has 238 valence electrons. The van der Waals surface area contributed by atoms with Gasteiger partial charge in [-0.3, -0.25) is 4.98 Å². The van der Waals surface area contributed by atoms with Crippen molar-refractivity contribution in [3.8, 4) is 0 Å². The van der Waals surface area contributed by atoms with Crippen molar-refractivity contribution in [1.82, 2.24) is 9.97 Å². The SMILES string of the molecule is O=C(OC1C2=C(CCN(c3ncccc3C(F)(F)F)CC2)C(Nc2ccc(C(F)(F)F)cc2)=CN1c1ccncc1)C(F)(F)F. The van der Waals surface area contributed by atoms with Crippen LogP contribution in [0.15, 0.2) is 90.2 Å². The first-order chi connectivity index (χ1) is 21.1. The zero-order valence-electron chi connectivity index (χ0n) is 22.8. The third kappa shape index (κ3) is 6.99. The van der Waals surface area contributed by atoms with Crippen LogP contribution in [-0.2, 0) is 21.9 Å². The largest absolute Gasteiger partial charge is 0.491 e. The van der Waals surface area contributed by atoms with E-state index in [2.05, 4.69) is 15.3 Å². The van der Waals surface area contributed by atoms with Crippen molar-refractivity contribution in [3.63, 3.8) is 0 Å². The highest BCUT2D eigenvalue weighted by atomic mass is 19.4. The van der Waals surface area contributed by atoms with Crippen molar-refractivity contribution in [1.29, 1.82) is 0 Å². The van der Waals surface area contributed by atoms with Crippen molar-refractivity contribution in [2.75, 3.05) is 28.2 Å². The second kappa shape index (κ2) is 12.0.